The molecule has 5 nitrogen and oxygen atoms in total. The number of hydrogen-bond acceptors (Lipinski definition) is 6. The van der Waals surface area contributed by atoms with Crippen molar-refractivity contribution < 1.29 is 19.1 Å². The zero-order valence-corrected chi connectivity index (χ0v) is 17.1. The number of likely N-dealkylation sites (N-methyl/N-ethyl adjacent to an activating group) is 1. The van der Waals surface area contributed by atoms with E-state index in [0.29, 0.717) is 39.4 Å². The van der Waals surface area contributed by atoms with Gasteiger partial charge >= 0.3 is 5.97 Å². The van der Waals surface area contributed by atoms with Crippen LogP contribution in [0, 0.1) is 0 Å². The minimum atomic E-state index is -0.460. The van der Waals surface area contributed by atoms with Crippen molar-refractivity contribution in [3.8, 4) is 11.5 Å². The summed E-state index contributed by atoms with van der Waals surface area (Å²) in [6.07, 6.45) is 1.76. The van der Waals surface area contributed by atoms with E-state index in [0.717, 1.165) is 5.56 Å². The summed E-state index contributed by atoms with van der Waals surface area (Å²) < 4.78 is 11.7. The second-order valence-corrected chi connectivity index (χ2v) is 7.50. The standard InChI is InChI=1S/C21H19NO4S2/c1-3-22-19(23)18(28-21(22)27)13-14-10-11-16(17(12-14)25-4-2)26-20(24)15-8-6-5-7-9-15/h5-13H,3-4H2,1-2H3/b18-13-. The molecule has 0 bridgehead atoms. The molecule has 1 fully saturated rings. The first-order valence-corrected chi connectivity index (χ1v) is 10.1. The van der Waals surface area contributed by atoms with E-state index in [-0.39, 0.29) is 5.91 Å². The third-order valence-electron chi connectivity index (χ3n) is 3.97. The van der Waals surface area contributed by atoms with Gasteiger partial charge in [0.05, 0.1) is 17.1 Å². The maximum absolute atomic E-state index is 12.4. The van der Waals surface area contributed by atoms with Crippen LogP contribution in [0.1, 0.15) is 29.8 Å². The highest BCUT2D eigenvalue weighted by Gasteiger charge is 2.30. The number of rotatable bonds is 6. The van der Waals surface area contributed by atoms with E-state index < -0.39 is 5.97 Å². The van der Waals surface area contributed by atoms with Crippen LogP contribution in [0.5, 0.6) is 11.5 Å². The van der Waals surface area contributed by atoms with Crippen LogP contribution in [0.4, 0.5) is 0 Å². The number of carbonyl (C=O) groups is 2. The first-order valence-electron chi connectivity index (χ1n) is 8.83. The lowest BCUT2D eigenvalue weighted by atomic mass is 10.1. The first kappa shape index (κ1) is 20.1. The Morgan fingerprint density at radius 3 is 2.54 bits per heavy atom. The van der Waals surface area contributed by atoms with Crippen molar-refractivity contribution in [3.63, 3.8) is 0 Å². The van der Waals surface area contributed by atoms with Crippen LogP contribution in [0.2, 0.25) is 0 Å². The third kappa shape index (κ3) is 4.43. The summed E-state index contributed by atoms with van der Waals surface area (Å²) in [6.45, 7) is 4.69. The zero-order valence-electron chi connectivity index (χ0n) is 15.5. The van der Waals surface area contributed by atoms with Gasteiger partial charge in [-0.2, -0.15) is 0 Å². The molecule has 0 saturated carbocycles. The Morgan fingerprint density at radius 1 is 1.14 bits per heavy atom. The number of thiocarbonyl (C=S) groups is 1. The molecular formula is C21H19NO4S2. The van der Waals surface area contributed by atoms with E-state index in [4.69, 9.17) is 21.7 Å². The Kier molecular flexibility index (Phi) is 6.49. The Balaban J connectivity index is 1.85. The highest BCUT2D eigenvalue weighted by molar-refractivity contribution is 8.26. The maximum atomic E-state index is 12.4. The van der Waals surface area contributed by atoms with Gasteiger partial charge in [0.2, 0.25) is 0 Å². The van der Waals surface area contributed by atoms with Gasteiger partial charge in [-0.25, -0.2) is 4.79 Å². The number of carbonyl (C=O) groups excluding carboxylic acids is 2. The average molecular weight is 414 g/mol. The summed E-state index contributed by atoms with van der Waals surface area (Å²) in [5, 5.41) is 0. The molecule has 28 heavy (non-hydrogen) atoms. The van der Waals surface area contributed by atoms with Crippen molar-refractivity contribution in [2.75, 3.05) is 13.2 Å². The van der Waals surface area contributed by atoms with Gasteiger partial charge in [-0.05, 0) is 49.8 Å². The van der Waals surface area contributed by atoms with Crippen LogP contribution in [-0.4, -0.2) is 34.2 Å². The highest BCUT2D eigenvalue weighted by atomic mass is 32.2. The van der Waals surface area contributed by atoms with Crippen molar-refractivity contribution in [2.24, 2.45) is 0 Å². The molecule has 3 rings (SSSR count). The van der Waals surface area contributed by atoms with E-state index in [1.54, 1.807) is 53.4 Å². The Morgan fingerprint density at radius 2 is 1.89 bits per heavy atom. The number of thioether (sulfide) groups is 1. The van der Waals surface area contributed by atoms with Gasteiger partial charge in [-0.1, -0.05) is 48.2 Å². The topological polar surface area (TPSA) is 55.8 Å². The van der Waals surface area contributed by atoms with Gasteiger partial charge in [0.15, 0.2) is 11.5 Å². The van der Waals surface area contributed by atoms with Crippen molar-refractivity contribution in [1.82, 2.24) is 4.90 Å². The molecule has 1 aliphatic rings. The highest BCUT2D eigenvalue weighted by Crippen LogP contribution is 2.35. The lowest BCUT2D eigenvalue weighted by molar-refractivity contribution is -0.121. The summed E-state index contributed by atoms with van der Waals surface area (Å²) in [6, 6.07) is 13.9. The molecule has 7 heteroatoms. The molecule has 0 aromatic heterocycles. The molecule has 0 radical (unpaired) electrons. The second-order valence-electron chi connectivity index (χ2n) is 5.82. The lowest BCUT2D eigenvalue weighted by Crippen LogP contribution is -2.27. The summed E-state index contributed by atoms with van der Waals surface area (Å²) in [7, 11) is 0. The quantitative estimate of drug-likeness (QED) is 0.300. The van der Waals surface area contributed by atoms with Crippen LogP contribution in [-0.2, 0) is 4.79 Å². The first-order chi connectivity index (χ1) is 13.5. The lowest BCUT2D eigenvalue weighted by Gasteiger charge is -2.12. The Bertz CT molecular complexity index is 941. The Labute approximate surface area is 173 Å². The summed E-state index contributed by atoms with van der Waals surface area (Å²) in [5.74, 6) is 0.202. The van der Waals surface area contributed by atoms with Gasteiger partial charge in [0.1, 0.15) is 4.32 Å². The third-order valence-corrected chi connectivity index (χ3v) is 5.35. The number of nitrogens with zero attached hydrogens (tertiary/aromatic N) is 1. The molecule has 0 atom stereocenters. The normalized spacial score (nSPS) is 15.2. The molecule has 1 amide bonds. The van der Waals surface area contributed by atoms with Gasteiger partial charge in [0.25, 0.3) is 5.91 Å². The summed E-state index contributed by atoms with van der Waals surface area (Å²) in [4.78, 5) is 26.8. The molecule has 2 aromatic carbocycles. The Hall–Kier alpha value is -2.64. The van der Waals surface area contributed by atoms with Crippen LogP contribution >= 0.6 is 24.0 Å². The van der Waals surface area contributed by atoms with Crippen molar-refractivity contribution in [2.45, 2.75) is 13.8 Å². The number of esters is 1. The number of ether oxygens (including phenoxy) is 2. The van der Waals surface area contributed by atoms with E-state index in [1.807, 2.05) is 19.9 Å². The number of amides is 1. The van der Waals surface area contributed by atoms with E-state index >= 15 is 0 Å². The molecule has 0 N–H and O–H groups in total. The van der Waals surface area contributed by atoms with E-state index in [9.17, 15) is 9.59 Å². The smallest absolute Gasteiger partial charge is 0.343 e. The van der Waals surface area contributed by atoms with Gasteiger partial charge in [-0.3, -0.25) is 9.69 Å². The van der Waals surface area contributed by atoms with Crippen molar-refractivity contribution in [3.05, 3.63) is 64.6 Å². The monoisotopic (exact) mass is 413 g/mol. The number of benzene rings is 2. The zero-order chi connectivity index (χ0) is 20.1. The molecule has 144 valence electrons. The fraction of sp³-hybridized carbons (Fsp3) is 0.190. The molecule has 1 heterocycles. The molecule has 0 aliphatic carbocycles. The second kappa shape index (κ2) is 9.03. The molecule has 0 spiro atoms. The molecular weight excluding hydrogens is 394 g/mol. The predicted octanol–water partition coefficient (Wildman–Crippen LogP) is 4.53. The van der Waals surface area contributed by atoms with Gasteiger partial charge in [-0.15, -0.1) is 0 Å². The maximum Gasteiger partial charge on any atom is 0.343 e. The van der Waals surface area contributed by atoms with Crippen molar-refractivity contribution in [1.29, 1.82) is 0 Å². The molecule has 2 aromatic rings. The largest absolute Gasteiger partial charge is 0.490 e. The van der Waals surface area contributed by atoms with Crippen LogP contribution in [0.25, 0.3) is 6.08 Å². The minimum Gasteiger partial charge on any atom is -0.490 e. The molecule has 1 aliphatic heterocycles. The fourth-order valence-corrected chi connectivity index (χ4v) is 4.01. The van der Waals surface area contributed by atoms with Gasteiger partial charge < -0.3 is 9.47 Å². The van der Waals surface area contributed by atoms with Gasteiger partial charge in [0, 0.05) is 6.54 Å². The molecule has 1 saturated heterocycles. The SMILES string of the molecule is CCOc1cc(/C=C2\SC(=S)N(CC)C2=O)ccc1OC(=O)c1ccccc1. The fourth-order valence-electron chi connectivity index (χ4n) is 2.62. The average Bonchev–Trinajstić information content (AvgIpc) is 2.97. The van der Waals surface area contributed by atoms with Crippen LogP contribution in [0.15, 0.2) is 53.4 Å². The predicted molar refractivity (Wildman–Crippen MR) is 115 cm³/mol. The minimum absolute atomic E-state index is 0.102. The van der Waals surface area contributed by atoms with E-state index in [2.05, 4.69) is 0 Å². The van der Waals surface area contributed by atoms with Crippen LogP contribution < -0.4 is 9.47 Å². The number of hydrogen-bond donors (Lipinski definition) is 0. The van der Waals surface area contributed by atoms with Crippen LogP contribution in [0.3, 0.4) is 0 Å². The summed E-state index contributed by atoms with van der Waals surface area (Å²) in [5.41, 5.74) is 1.22. The molecule has 0 unspecified atom stereocenters. The summed E-state index contributed by atoms with van der Waals surface area (Å²) >= 11 is 6.51. The van der Waals surface area contributed by atoms with E-state index in [1.165, 1.54) is 11.8 Å². The van der Waals surface area contributed by atoms with Crippen molar-refractivity contribution >= 4 is 46.3 Å².